The first-order chi connectivity index (χ1) is 11.6. The topological polar surface area (TPSA) is 49.4 Å². The molecule has 0 radical (unpaired) electrons. The van der Waals surface area contributed by atoms with Crippen molar-refractivity contribution in [3.05, 3.63) is 52.9 Å². The molecule has 2 heterocycles. The van der Waals surface area contributed by atoms with Crippen molar-refractivity contribution < 1.29 is 8.42 Å². The first-order valence-corrected chi connectivity index (χ1v) is 10.8. The van der Waals surface area contributed by atoms with E-state index in [2.05, 4.69) is 21.8 Å². The quantitative estimate of drug-likeness (QED) is 0.819. The number of thiophene rings is 1. The average Bonchev–Trinajstić information content (AvgIpc) is 3.28. The van der Waals surface area contributed by atoms with E-state index in [4.69, 9.17) is 0 Å². The molecule has 1 aliphatic heterocycles. The Morgan fingerprint density at radius 1 is 1.12 bits per heavy atom. The van der Waals surface area contributed by atoms with Gasteiger partial charge in [-0.05, 0) is 50.0 Å². The summed E-state index contributed by atoms with van der Waals surface area (Å²) in [5.74, 6) is 0. The Bertz CT molecular complexity index is 750. The largest absolute Gasteiger partial charge is 0.295 e. The molecule has 6 heteroatoms. The maximum absolute atomic E-state index is 12.6. The van der Waals surface area contributed by atoms with E-state index in [1.807, 2.05) is 31.2 Å². The molecule has 1 unspecified atom stereocenters. The van der Waals surface area contributed by atoms with E-state index in [9.17, 15) is 8.42 Å². The minimum Gasteiger partial charge on any atom is -0.295 e. The van der Waals surface area contributed by atoms with Crippen LogP contribution in [0.3, 0.4) is 0 Å². The molecule has 0 amide bonds. The summed E-state index contributed by atoms with van der Waals surface area (Å²) < 4.78 is 28.4. The summed E-state index contributed by atoms with van der Waals surface area (Å²) in [6, 6.07) is 13.9. The van der Waals surface area contributed by atoms with E-state index < -0.39 is 10.0 Å². The molecule has 0 bridgehead atoms. The average molecular weight is 365 g/mol. The number of benzene rings is 1. The molecule has 1 fully saturated rings. The fourth-order valence-electron chi connectivity index (χ4n) is 3.14. The lowest BCUT2D eigenvalue weighted by atomic mass is 10.1. The summed E-state index contributed by atoms with van der Waals surface area (Å²) in [4.78, 5) is 3.47. The summed E-state index contributed by atoms with van der Waals surface area (Å²) in [6.07, 6.45) is 3.22. The van der Waals surface area contributed by atoms with Gasteiger partial charge in [-0.15, -0.1) is 11.3 Å². The van der Waals surface area contributed by atoms with Crippen LogP contribution in [0.1, 0.15) is 36.2 Å². The van der Waals surface area contributed by atoms with Gasteiger partial charge in [0.05, 0.1) is 0 Å². The standard InChI is InChI=1S/C18H24N2O2S2/c1-2-16-10-11-18(23-16)24(21,22)19-14-17(20-12-6-7-13-20)15-8-4-3-5-9-15/h3-5,8-11,17,19H,2,6-7,12-14H2,1H3. The van der Waals surface area contributed by atoms with Crippen LogP contribution in [0.15, 0.2) is 46.7 Å². The molecular formula is C18H24N2O2S2. The van der Waals surface area contributed by atoms with Crippen LogP contribution in [0.2, 0.25) is 0 Å². The molecule has 0 spiro atoms. The number of rotatable bonds is 7. The van der Waals surface area contributed by atoms with E-state index in [0.29, 0.717) is 10.8 Å². The van der Waals surface area contributed by atoms with Gasteiger partial charge in [0.2, 0.25) is 10.0 Å². The predicted molar refractivity (Wildman–Crippen MR) is 98.9 cm³/mol. The summed E-state index contributed by atoms with van der Waals surface area (Å²) in [7, 11) is -3.44. The van der Waals surface area contributed by atoms with Crippen LogP contribution >= 0.6 is 11.3 Å². The zero-order chi connectivity index (χ0) is 17.0. The van der Waals surface area contributed by atoms with Crippen LogP contribution < -0.4 is 4.72 Å². The van der Waals surface area contributed by atoms with Gasteiger partial charge in [0.15, 0.2) is 0 Å². The predicted octanol–water partition coefficient (Wildman–Crippen LogP) is 3.43. The molecule has 2 aromatic rings. The molecule has 1 saturated heterocycles. The summed E-state index contributed by atoms with van der Waals surface area (Å²) in [6.45, 7) is 4.50. The van der Waals surface area contributed by atoms with E-state index in [-0.39, 0.29) is 6.04 Å². The first kappa shape index (κ1) is 17.6. The highest BCUT2D eigenvalue weighted by Crippen LogP contribution is 2.26. The number of nitrogens with zero attached hydrogens (tertiary/aromatic N) is 1. The van der Waals surface area contributed by atoms with Gasteiger partial charge >= 0.3 is 0 Å². The number of nitrogens with one attached hydrogen (secondary N) is 1. The lowest BCUT2D eigenvalue weighted by Gasteiger charge is -2.28. The van der Waals surface area contributed by atoms with Gasteiger partial charge in [0, 0.05) is 17.5 Å². The van der Waals surface area contributed by atoms with Gasteiger partial charge in [0.1, 0.15) is 4.21 Å². The normalized spacial score (nSPS) is 17.2. The van der Waals surface area contributed by atoms with Crippen LogP contribution in [0.4, 0.5) is 0 Å². The summed E-state index contributed by atoms with van der Waals surface area (Å²) >= 11 is 1.36. The molecule has 1 atom stereocenters. The van der Waals surface area contributed by atoms with Gasteiger partial charge in [-0.2, -0.15) is 0 Å². The van der Waals surface area contributed by atoms with E-state index in [0.717, 1.165) is 24.4 Å². The maximum Gasteiger partial charge on any atom is 0.250 e. The van der Waals surface area contributed by atoms with Crippen molar-refractivity contribution in [2.75, 3.05) is 19.6 Å². The monoisotopic (exact) mass is 364 g/mol. The molecule has 4 nitrogen and oxygen atoms in total. The lowest BCUT2D eigenvalue weighted by molar-refractivity contribution is 0.246. The van der Waals surface area contributed by atoms with Crippen molar-refractivity contribution in [3.63, 3.8) is 0 Å². The zero-order valence-corrected chi connectivity index (χ0v) is 15.6. The molecule has 0 aliphatic carbocycles. The number of likely N-dealkylation sites (tertiary alicyclic amines) is 1. The van der Waals surface area contributed by atoms with Gasteiger partial charge in [-0.1, -0.05) is 37.3 Å². The van der Waals surface area contributed by atoms with Gasteiger partial charge < -0.3 is 0 Å². The van der Waals surface area contributed by atoms with Gasteiger partial charge in [-0.3, -0.25) is 4.90 Å². The number of sulfonamides is 1. The third kappa shape index (κ3) is 4.06. The smallest absolute Gasteiger partial charge is 0.250 e. The molecule has 130 valence electrons. The Kier molecular flexibility index (Phi) is 5.71. The maximum atomic E-state index is 12.6. The van der Waals surface area contributed by atoms with Crippen LogP contribution in [0.25, 0.3) is 0 Å². The SMILES string of the molecule is CCc1ccc(S(=O)(=O)NCC(c2ccccc2)N2CCCC2)s1. The van der Waals surface area contributed by atoms with Crippen molar-refractivity contribution in [1.29, 1.82) is 0 Å². The Morgan fingerprint density at radius 2 is 1.83 bits per heavy atom. The Hall–Kier alpha value is -1.21. The van der Waals surface area contributed by atoms with E-state index >= 15 is 0 Å². The molecule has 3 rings (SSSR count). The minimum atomic E-state index is -3.44. The van der Waals surface area contributed by atoms with E-state index in [1.165, 1.54) is 29.7 Å². The van der Waals surface area contributed by atoms with Crippen molar-refractivity contribution in [3.8, 4) is 0 Å². The molecular weight excluding hydrogens is 340 g/mol. The fourth-order valence-corrected chi connectivity index (χ4v) is 5.52. The van der Waals surface area contributed by atoms with Crippen molar-refractivity contribution in [2.45, 2.75) is 36.4 Å². The molecule has 24 heavy (non-hydrogen) atoms. The molecule has 1 aliphatic rings. The highest BCUT2D eigenvalue weighted by atomic mass is 32.2. The zero-order valence-electron chi connectivity index (χ0n) is 13.9. The second-order valence-electron chi connectivity index (χ2n) is 6.10. The van der Waals surface area contributed by atoms with E-state index in [1.54, 1.807) is 6.07 Å². The Labute approximate surface area is 148 Å². The molecule has 1 aromatic heterocycles. The van der Waals surface area contributed by atoms with Crippen LogP contribution in [0, 0.1) is 0 Å². The highest BCUT2D eigenvalue weighted by molar-refractivity contribution is 7.91. The lowest BCUT2D eigenvalue weighted by Crippen LogP contribution is -2.36. The number of aryl methyl sites for hydroxylation is 1. The van der Waals surface area contributed by atoms with Crippen LogP contribution in [0.5, 0.6) is 0 Å². The van der Waals surface area contributed by atoms with Gasteiger partial charge in [-0.25, -0.2) is 13.1 Å². The summed E-state index contributed by atoms with van der Waals surface area (Å²) in [5.41, 5.74) is 1.17. The Morgan fingerprint density at radius 3 is 2.46 bits per heavy atom. The first-order valence-electron chi connectivity index (χ1n) is 8.47. The third-order valence-corrected chi connectivity index (χ3v) is 7.63. The second kappa shape index (κ2) is 7.78. The summed E-state index contributed by atoms with van der Waals surface area (Å²) in [5, 5.41) is 0. The van der Waals surface area contributed by atoms with Crippen LogP contribution in [-0.4, -0.2) is 33.0 Å². The minimum absolute atomic E-state index is 0.0917. The van der Waals surface area contributed by atoms with Crippen molar-refractivity contribution in [2.24, 2.45) is 0 Å². The van der Waals surface area contributed by atoms with Crippen molar-refractivity contribution in [1.82, 2.24) is 9.62 Å². The number of hydrogen-bond donors (Lipinski definition) is 1. The number of hydrogen-bond acceptors (Lipinski definition) is 4. The van der Waals surface area contributed by atoms with Gasteiger partial charge in [0.25, 0.3) is 0 Å². The molecule has 1 N–H and O–H groups in total. The fraction of sp³-hybridized carbons (Fsp3) is 0.444. The second-order valence-corrected chi connectivity index (χ2v) is 9.26. The van der Waals surface area contributed by atoms with Crippen LogP contribution in [-0.2, 0) is 16.4 Å². The third-order valence-electron chi connectivity index (χ3n) is 4.48. The van der Waals surface area contributed by atoms with Crippen molar-refractivity contribution >= 4 is 21.4 Å². The molecule has 1 aromatic carbocycles. The molecule has 0 saturated carbocycles. The Balaban J connectivity index is 1.75. The highest BCUT2D eigenvalue weighted by Gasteiger charge is 2.26.